The van der Waals surface area contributed by atoms with E-state index >= 15 is 0 Å². The molecule has 0 heterocycles. The summed E-state index contributed by atoms with van der Waals surface area (Å²) in [4.78, 5) is 14.4. The van der Waals surface area contributed by atoms with Crippen molar-refractivity contribution in [1.82, 2.24) is 4.90 Å². The third-order valence-corrected chi connectivity index (χ3v) is 4.53. The van der Waals surface area contributed by atoms with E-state index in [-0.39, 0.29) is 11.6 Å². The Labute approximate surface area is 127 Å². The number of benzene rings is 1. The van der Waals surface area contributed by atoms with Crippen LogP contribution in [0.3, 0.4) is 0 Å². The molecule has 1 saturated carbocycles. The van der Waals surface area contributed by atoms with Crippen LogP contribution in [0.1, 0.15) is 61.7 Å². The Morgan fingerprint density at radius 2 is 1.76 bits per heavy atom. The standard InChI is InChI=1S/C18H26FNO/c1-20(17-7-4-2-3-5-8-17)14-6-9-18(21)15-10-12-16(19)13-11-15/h10-13,17H,2-9,14H2,1H3. The van der Waals surface area contributed by atoms with Gasteiger partial charge >= 0.3 is 0 Å². The molecule has 1 aromatic rings. The number of hydrogen-bond donors (Lipinski definition) is 0. The Balaban J connectivity index is 1.72. The van der Waals surface area contributed by atoms with Crippen LogP contribution in [-0.4, -0.2) is 30.3 Å². The van der Waals surface area contributed by atoms with Gasteiger partial charge in [0.1, 0.15) is 5.82 Å². The third-order valence-electron chi connectivity index (χ3n) is 4.53. The third kappa shape index (κ3) is 5.24. The summed E-state index contributed by atoms with van der Waals surface area (Å²) in [5.74, 6) is -0.177. The van der Waals surface area contributed by atoms with Gasteiger partial charge in [-0.1, -0.05) is 25.7 Å². The molecule has 0 unspecified atom stereocenters. The number of halogens is 1. The van der Waals surface area contributed by atoms with Gasteiger partial charge in [-0.2, -0.15) is 0 Å². The largest absolute Gasteiger partial charge is 0.303 e. The highest BCUT2D eigenvalue weighted by molar-refractivity contribution is 5.95. The number of carbonyl (C=O) groups is 1. The van der Waals surface area contributed by atoms with Crippen LogP contribution < -0.4 is 0 Å². The molecule has 1 aliphatic carbocycles. The fraction of sp³-hybridized carbons (Fsp3) is 0.611. The van der Waals surface area contributed by atoms with Gasteiger partial charge in [0, 0.05) is 18.0 Å². The monoisotopic (exact) mass is 291 g/mol. The summed E-state index contributed by atoms with van der Waals surface area (Å²) in [6, 6.07) is 6.54. The average molecular weight is 291 g/mol. The number of carbonyl (C=O) groups excluding carboxylic acids is 1. The molecule has 1 fully saturated rings. The Morgan fingerprint density at radius 1 is 1.14 bits per heavy atom. The Kier molecular flexibility index (Phi) is 6.37. The van der Waals surface area contributed by atoms with E-state index < -0.39 is 0 Å². The van der Waals surface area contributed by atoms with Crippen LogP contribution in [0.25, 0.3) is 0 Å². The molecule has 2 nitrogen and oxygen atoms in total. The molecule has 1 aromatic carbocycles. The summed E-state index contributed by atoms with van der Waals surface area (Å²) < 4.78 is 12.8. The lowest BCUT2D eigenvalue weighted by molar-refractivity contribution is 0.0972. The van der Waals surface area contributed by atoms with Crippen LogP contribution >= 0.6 is 0 Å². The van der Waals surface area contributed by atoms with Gasteiger partial charge in [-0.25, -0.2) is 4.39 Å². The summed E-state index contributed by atoms with van der Waals surface area (Å²) >= 11 is 0. The highest BCUT2D eigenvalue weighted by Crippen LogP contribution is 2.21. The summed E-state index contributed by atoms with van der Waals surface area (Å²) in [6.45, 7) is 0.970. The van der Waals surface area contributed by atoms with Gasteiger partial charge < -0.3 is 4.90 Å². The first-order chi connectivity index (χ1) is 10.2. The van der Waals surface area contributed by atoms with Gasteiger partial charge in [0.25, 0.3) is 0 Å². The minimum Gasteiger partial charge on any atom is -0.303 e. The second-order valence-electron chi connectivity index (χ2n) is 6.16. The Hall–Kier alpha value is -1.22. The summed E-state index contributed by atoms with van der Waals surface area (Å²) in [6.07, 6.45) is 9.42. The molecule has 0 aromatic heterocycles. The number of ketones is 1. The minimum absolute atomic E-state index is 0.115. The maximum Gasteiger partial charge on any atom is 0.162 e. The van der Waals surface area contributed by atoms with Crippen molar-refractivity contribution in [2.45, 2.75) is 57.4 Å². The number of rotatable bonds is 6. The molecule has 21 heavy (non-hydrogen) atoms. The zero-order chi connectivity index (χ0) is 15.1. The van der Waals surface area contributed by atoms with Crippen LogP contribution in [0.4, 0.5) is 4.39 Å². The van der Waals surface area contributed by atoms with E-state index in [4.69, 9.17) is 0 Å². The predicted molar refractivity (Wildman–Crippen MR) is 84.1 cm³/mol. The molecule has 0 amide bonds. The molecule has 2 rings (SSSR count). The normalized spacial score (nSPS) is 16.9. The lowest BCUT2D eigenvalue weighted by atomic mass is 10.0. The van der Waals surface area contributed by atoms with E-state index in [0.717, 1.165) is 13.0 Å². The summed E-state index contributed by atoms with van der Waals surface area (Å²) in [7, 11) is 2.18. The molecule has 0 bridgehead atoms. The van der Waals surface area contributed by atoms with E-state index in [1.54, 1.807) is 12.1 Å². The number of Topliss-reactive ketones (excluding diaryl/α,β-unsaturated/α-hetero) is 1. The lowest BCUT2D eigenvalue weighted by Crippen LogP contribution is -2.32. The van der Waals surface area contributed by atoms with Crippen LogP contribution in [0.5, 0.6) is 0 Å². The first-order valence-corrected chi connectivity index (χ1v) is 8.16. The van der Waals surface area contributed by atoms with Crippen molar-refractivity contribution in [1.29, 1.82) is 0 Å². The van der Waals surface area contributed by atoms with Crippen molar-refractivity contribution < 1.29 is 9.18 Å². The van der Waals surface area contributed by atoms with Gasteiger partial charge in [0.2, 0.25) is 0 Å². The van der Waals surface area contributed by atoms with Crippen molar-refractivity contribution in [3.63, 3.8) is 0 Å². The highest BCUT2D eigenvalue weighted by atomic mass is 19.1. The van der Waals surface area contributed by atoms with Crippen molar-refractivity contribution in [3.8, 4) is 0 Å². The fourth-order valence-electron chi connectivity index (χ4n) is 3.15. The average Bonchev–Trinajstić information content (AvgIpc) is 2.77. The zero-order valence-electron chi connectivity index (χ0n) is 13.0. The van der Waals surface area contributed by atoms with E-state index in [9.17, 15) is 9.18 Å². The molecule has 0 radical (unpaired) electrons. The number of nitrogens with zero attached hydrogens (tertiary/aromatic N) is 1. The van der Waals surface area contributed by atoms with Gasteiger partial charge in [-0.3, -0.25) is 4.79 Å². The molecule has 0 atom stereocenters. The molecule has 1 aliphatic rings. The zero-order valence-corrected chi connectivity index (χ0v) is 13.0. The quantitative estimate of drug-likeness (QED) is 0.570. The van der Waals surface area contributed by atoms with Gasteiger partial charge in [0.15, 0.2) is 5.78 Å². The second-order valence-corrected chi connectivity index (χ2v) is 6.16. The van der Waals surface area contributed by atoms with Crippen LogP contribution in [0.2, 0.25) is 0 Å². The van der Waals surface area contributed by atoms with Crippen molar-refractivity contribution in [3.05, 3.63) is 35.6 Å². The van der Waals surface area contributed by atoms with E-state index in [1.807, 2.05) is 0 Å². The predicted octanol–water partition coefficient (Wildman–Crippen LogP) is 4.44. The fourth-order valence-corrected chi connectivity index (χ4v) is 3.15. The van der Waals surface area contributed by atoms with Gasteiger partial charge in [-0.15, -0.1) is 0 Å². The first kappa shape index (κ1) is 16.2. The molecule has 116 valence electrons. The lowest BCUT2D eigenvalue weighted by Gasteiger charge is -2.26. The van der Waals surface area contributed by atoms with E-state index in [2.05, 4.69) is 11.9 Å². The molecule has 0 spiro atoms. The van der Waals surface area contributed by atoms with E-state index in [1.165, 1.54) is 50.7 Å². The minimum atomic E-state index is -0.292. The molecule has 0 aliphatic heterocycles. The molecule has 0 N–H and O–H groups in total. The SMILES string of the molecule is CN(CCCC(=O)c1ccc(F)cc1)C1CCCCCC1. The van der Waals surface area contributed by atoms with Crippen molar-refractivity contribution in [2.75, 3.05) is 13.6 Å². The Morgan fingerprint density at radius 3 is 2.38 bits per heavy atom. The highest BCUT2D eigenvalue weighted by Gasteiger charge is 2.16. The smallest absolute Gasteiger partial charge is 0.162 e. The topological polar surface area (TPSA) is 20.3 Å². The maximum absolute atomic E-state index is 12.8. The molecular weight excluding hydrogens is 265 g/mol. The summed E-state index contributed by atoms with van der Waals surface area (Å²) in [5, 5.41) is 0. The molecule has 3 heteroatoms. The van der Waals surface area contributed by atoms with Gasteiger partial charge in [0.05, 0.1) is 0 Å². The molecular formula is C18H26FNO. The van der Waals surface area contributed by atoms with Crippen LogP contribution in [-0.2, 0) is 0 Å². The molecule has 0 saturated heterocycles. The van der Waals surface area contributed by atoms with Crippen LogP contribution in [0.15, 0.2) is 24.3 Å². The number of hydrogen-bond acceptors (Lipinski definition) is 2. The Bertz CT molecular complexity index is 435. The van der Waals surface area contributed by atoms with E-state index in [0.29, 0.717) is 18.0 Å². The van der Waals surface area contributed by atoms with Crippen LogP contribution in [0, 0.1) is 5.82 Å². The second kappa shape index (κ2) is 8.28. The van der Waals surface area contributed by atoms with Gasteiger partial charge in [-0.05, 0) is 57.1 Å². The van der Waals surface area contributed by atoms with Crippen molar-refractivity contribution >= 4 is 5.78 Å². The summed E-state index contributed by atoms with van der Waals surface area (Å²) in [5.41, 5.74) is 0.619. The first-order valence-electron chi connectivity index (χ1n) is 8.16. The maximum atomic E-state index is 12.8. The van der Waals surface area contributed by atoms with Crippen molar-refractivity contribution in [2.24, 2.45) is 0 Å².